The first-order valence-electron chi connectivity index (χ1n) is 30.0. The molecule has 1 atom stereocenters. The largest absolute Gasteiger partial charge is 0.462 e. The maximum absolute atomic E-state index is 12.7. The van der Waals surface area contributed by atoms with Crippen molar-refractivity contribution in [1.29, 1.82) is 0 Å². The van der Waals surface area contributed by atoms with Gasteiger partial charge in [0.1, 0.15) is 13.2 Å². The van der Waals surface area contributed by atoms with E-state index >= 15 is 0 Å². The Kier molecular flexibility index (Phi) is 54.7. The Morgan fingerprint density at radius 2 is 0.409 bits per heavy atom. The highest BCUT2D eigenvalue weighted by Crippen LogP contribution is 2.18. The van der Waals surface area contributed by atoms with Gasteiger partial charge < -0.3 is 14.2 Å². The summed E-state index contributed by atoms with van der Waals surface area (Å²) >= 11 is 0. The zero-order valence-corrected chi connectivity index (χ0v) is 45.0. The number of hydrogen-bond acceptors (Lipinski definition) is 6. The maximum Gasteiger partial charge on any atom is 0.306 e. The van der Waals surface area contributed by atoms with Crippen LogP contribution in [0.2, 0.25) is 0 Å². The lowest BCUT2D eigenvalue weighted by Crippen LogP contribution is -2.30. The predicted octanol–water partition coefficient (Wildman–Crippen LogP) is 19.9. The van der Waals surface area contributed by atoms with Crippen molar-refractivity contribution < 1.29 is 28.6 Å². The first kappa shape index (κ1) is 64.4. The number of unbranched alkanes of at least 4 members (excludes halogenated alkanes) is 45. The Labute approximate surface area is 412 Å². The zero-order valence-electron chi connectivity index (χ0n) is 45.0. The third-order valence-electron chi connectivity index (χ3n) is 13.9. The summed E-state index contributed by atoms with van der Waals surface area (Å²) in [4.78, 5) is 37.8. The molecule has 0 aromatic carbocycles. The van der Waals surface area contributed by atoms with E-state index in [2.05, 4.69) is 20.8 Å². The van der Waals surface area contributed by atoms with Gasteiger partial charge in [0.05, 0.1) is 0 Å². The third-order valence-corrected chi connectivity index (χ3v) is 13.9. The molecule has 66 heavy (non-hydrogen) atoms. The van der Waals surface area contributed by atoms with Crippen LogP contribution in [-0.4, -0.2) is 37.2 Å². The van der Waals surface area contributed by atoms with Gasteiger partial charge in [0.2, 0.25) is 0 Å². The number of hydrogen-bond donors (Lipinski definition) is 0. The lowest BCUT2D eigenvalue weighted by atomic mass is 10.0. The van der Waals surface area contributed by atoms with Gasteiger partial charge in [-0.15, -0.1) is 0 Å². The molecule has 392 valence electrons. The summed E-state index contributed by atoms with van der Waals surface area (Å²) in [6.45, 7) is 6.63. The average molecular weight is 934 g/mol. The van der Waals surface area contributed by atoms with Gasteiger partial charge in [0.25, 0.3) is 0 Å². The van der Waals surface area contributed by atoms with Gasteiger partial charge in [-0.1, -0.05) is 310 Å². The summed E-state index contributed by atoms with van der Waals surface area (Å²) in [5.41, 5.74) is 0. The summed E-state index contributed by atoms with van der Waals surface area (Å²) < 4.78 is 16.7. The second-order valence-electron chi connectivity index (χ2n) is 20.6. The molecule has 0 spiro atoms. The minimum Gasteiger partial charge on any atom is -0.462 e. The Balaban J connectivity index is 3.88. The Morgan fingerprint density at radius 1 is 0.242 bits per heavy atom. The van der Waals surface area contributed by atoms with Crippen LogP contribution in [0.3, 0.4) is 0 Å². The van der Waals surface area contributed by atoms with Crippen molar-refractivity contribution in [3.63, 3.8) is 0 Å². The van der Waals surface area contributed by atoms with Crippen molar-refractivity contribution in [3.8, 4) is 0 Å². The topological polar surface area (TPSA) is 78.9 Å². The number of ether oxygens (including phenoxy) is 3. The molecule has 6 heteroatoms. The first-order valence-corrected chi connectivity index (χ1v) is 30.0. The van der Waals surface area contributed by atoms with E-state index in [4.69, 9.17) is 14.2 Å². The van der Waals surface area contributed by atoms with Crippen LogP contribution >= 0.6 is 0 Å². The van der Waals surface area contributed by atoms with Crippen LogP contribution in [0.1, 0.15) is 348 Å². The number of carbonyl (C=O) groups excluding carboxylic acids is 3. The SMILES string of the molecule is CCCCCCCCCCCCCCCCCCCCCCCCCCCCCCCCC(=O)OCC(COC(=O)CCCCCCCC)OC(=O)CCCCCCCCCCCCCC. The van der Waals surface area contributed by atoms with Crippen molar-refractivity contribution in [1.82, 2.24) is 0 Å². The number of carbonyl (C=O) groups is 3. The summed E-state index contributed by atoms with van der Waals surface area (Å²) in [6, 6.07) is 0. The van der Waals surface area contributed by atoms with Crippen molar-refractivity contribution in [3.05, 3.63) is 0 Å². The van der Waals surface area contributed by atoms with E-state index in [0.717, 1.165) is 57.8 Å². The molecule has 0 bridgehead atoms. The highest BCUT2D eigenvalue weighted by atomic mass is 16.6. The summed E-state index contributed by atoms with van der Waals surface area (Å²) in [6.07, 6.45) is 63.0. The molecule has 0 radical (unpaired) electrons. The fraction of sp³-hybridized carbons (Fsp3) is 0.950. The molecule has 6 nitrogen and oxygen atoms in total. The summed E-state index contributed by atoms with van der Waals surface area (Å²) in [5, 5.41) is 0. The molecular formula is C60H116O6. The van der Waals surface area contributed by atoms with Gasteiger partial charge in [-0.25, -0.2) is 0 Å². The van der Waals surface area contributed by atoms with E-state index in [0.29, 0.717) is 19.3 Å². The van der Waals surface area contributed by atoms with Crippen molar-refractivity contribution in [2.24, 2.45) is 0 Å². The van der Waals surface area contributed by atoms with Crippen LogP contribution in [0.4, 0.5) is 0 Å². The van der Waals surface area contributed by atoms with Gasteiger partial charge in [-0.2, -0.15) is 0 Å². The molecular weight excluding hydrogens is 817 g/mol. The van der Waals surface area contributed by atoms with Crippen LogP contribution in [-0.2, 0) is 28.6 Å². The molecule has 0 heterocycles. The third kappa shape index (κ3) is 53.4. The quantitative estimate of drug-likeness (QED) is 0.0343. The van der Waals surface area contributed by atoms with Crippen LogP contribution in [0.25, 0.3) is 0 Å². The molecule has 0 amide bonds. The van der Waals surface area contributed by atoms with E-state index in [1.54, 1.807) is 0 Å². The van der Waals surface area contributed by atoms with E-state index in [1.165, 1.54) is 250 Å². The Hall–Kier alpha value is -1.59. The van der Waals surface area contributed by atoms with Crippen LogP contribution < -0.4 is 0 Å². The van der Waals surface area contributed by atoms with Gasteiger partial charge in [-0.3, -0.25) is 14.4 Å². The fourth-order valence-corrected chi connectivity index (χ4v) is 9.33. The van der Waals surface area contributed by atoms with Gasteiger partial charge in [0, 0.05) is 19.3 Å². The molecule has 0 rings (SSSR count). The van der Waals surface area contributed by atoms with E-state index in [-0.39, 0.29) is 31.1 Å². The van der Waals surface area contributed by atoms with Crippen molar-refractivity contribution >= 4 is 17.9 Å². The number of rotatable bonds is 56. The molecule has 0 N–H and O–H groups in total. The predicted molar refractivity (Wildman–Crippen MR) is 284 cm³/mol. The minimum atomic E-state index is -0.759. The second kappa shape index (κ2) is 56.0. The monoisotopic (exact) mass is 933 g/mol. The highest BCUT2D eigenvalue weighted by molar-refractivity contribution is 5.71. The molecule has 0 aliphatic rings. The van der Waals surface area contributed by atoms with E-state index < -0.39 is 6.10 Å². The van der Waals surface area contributed by atoms with Gasteiger partial charge in [-0.05, 0) is 19.3 Å². The van der Waals surface area contributed by atoms with Gasteiger partial charge in [0.15, 0.2) is 6.10 Å². The van der Waals surface area contributed by atoms with Crippen LogP contribution in [0.15, 0.2) is 0 Å². The highest BCUT2D eigenvalue weighted by Gasteiger charge is 2.19. The lowest BCUT2D eigenvalue weighted by molar-refractivity contribution is -0.167. The second-order valence-corrected chi connectivity index (χ2v) is 20.6. The molecule has 0 aliphatic heterocycles. The Bertz CT molecular complexity index is 982. The molecule has 0 fully saturated rings. The zero-order chi connectivity index (χ0) is 47.9. The lowest BCUT2D eigenvalue weighted by Gasteiger charge is -2.18. The van der Waals surface area contributed by atoms with Crippen molar-refractivity contribution in [2.75, 3.05) is 13.2 Å². The van der Waals surface area contributed by atoms with E-state index in [1.807, 2.05) is 0 Å². The molecule has 0 aromatic rings. The fourth-order valence-electron chi connectivity index (χ4n) is 9.33. The molecule has 0 saturated carbocycles. The molecule has 0 aliphatic carbocycles. The molecule has 0 saturated heterocycles. The maximum atomic E-state index is 12.7. The van der Waals surface area contributed by atoms with Crippen LogP contribution in [0, 0.1) is 0 Å². The standard InChI is InChI=1S/C60H116O6/c1-4-7-10-13-16-18-20-22-23-24-25-26-27-28-29-30-31-32-33-34-35-36-37-38-39-41-42-44-47-50-53-59(62)65-56-57(55-64-58(61)52-49-46-15-12-9-6-3)66-60(63)54-51-48-45-43-40-21-19-17-14-11-8-5-2/h57H,4-56H2,1-3H3. The van der Waals surface area contributed by atoms with Crippen LogP contribution in [0.5, 0.6) is 0 Å². The molecule has 1 unspecified atom stereocenters. The van der Waals surface area contributed by atoms with E-state index in [9.17, 15) is 14.4 Å². The summed E-state index contributed by atoms with van der Waals surface area (Å²) in [5.74, 6) is -0.850. The molecule has 0 aromatic heterocycles. The smallest absolute Gasteiger partial charge is 0.306 e. The van der Waals surface area contributed by atoms with Crippen molar-refractivity contribution in [2.45, 2.75) is 354 Å². The number of esters is 3. The Morgan fingerprint density at radius 3 is 0.606 bits per heavy atom. The normalized spacial score (nSPS) is 11.9. The minimum absolute atomic E-state index is 0.0626. The first-order chi connectivity index (χ1) is 32.5. The van der Waals surface area contributed by atoms with Gasteiger partial charge >= 0.3 is 17.9 Å². The summed E-state index contributed by atoms with van der Waals surface area (Å²) in [7, 11) is 0. The average Bonchev–Trinajstić information content (AvgIpc) is 3.31.